The number of ether oxygens (including phenoxy) is 1. The van der Waals surface area contributed by atoms with Gasteiger partial charge in [-0.2, -0.15) is 0 Å². The number of thiocarbonyl (C=S) groups is 1. The van der Waals surface area contributed by atoms with Crippen LogP contribution in [0.3, 0.4) is 0 Å². The van der Waals surface area contributed by atoms with Crippen LogP contribution in [0.15, 0.2) is 12.1 Å². The van der Waals surface area contributed by atoms with E-state index in [0.717, 1.165) is 16.5 Å². The van der Waals surface area contributed by atoms with Crippen LogP contribution in [0, 0.1) is 12.8 Å². The smallest absolute Gasteiger partial charge is 0.241 e. The molecular weight excluding hydrogens is 350 g/mol. The Balaban J connectivity index is 2.24. The molecule has 1 aliphatic rings. The zero-order valence-electron chi connectivity index (χ0n) is 16.1. The van der Waals surface area contributed by atoms with Gasteiger partial charge in [-0.15, -0.1) is 0 Å². The fourth-order valence-corrected chi connectivity index (χ4v) is 4.59. The van der Waals surface area contributed by atoms with Crippen LogP contribution in [0.25, 0.3) is 0 Å². The van der Waals surface area contributed by atoms with Gasteiger partial charge in [0.15, 0.2) is 0 Å². The first-order valence-electron chi connectivity index (χ1n) is 9.02. The van der Waals surface area contributed by atoms with Gasteiger partial charge in [0.2, 0.25) is 5.91 Å². The number of carbonyl (C=O) groups is 1. The number of thioether (sulfide) groups is 1. The van der Waals surface area contributed by atoms with Gasteiger partial charge in [0, 0.05) is 6.54 Å². The Hall–Kier alpha value is -1.07. The van der Waals surface area contributed by atoms with Crippen molar-refractivity contribution in [3.8, 4) is 5.75 Å². The summed E-state index contributed by atoms with van der Waals surface area (Å²) >= 11 is 6.97. The minimum atomic E-state index is -0.108. The van der Waals surface area contributed by atoms with Gasteiger partial charge >= 0.3 is 0 Å². The summed E-state index contributed by atoms with van der Waals surface area (Å²) in [5.41, 5.74) is 3.60. The molecule has 1 aromatic rings. The summed E-state index contributed by atoms with van der Waals surface area (Å²) in [6.07, 6.45) is 0.718. The van der Waals surface area contributed by atoms with Crippen molar-refractivity contribution in [1.82, 2.24) is 4.90 Å². The molecule has 0 spiro atoms. The van der Waals surface area contributed by atoms with Gasteiger partial charge < -0.3 is 4.74 Å². The molecule has 1 aromatic carbocycles. The zero-order chi connectivity index (χ0) is 18.7. The Bertz CT molecular complexity index is 655. The Morgan fingerprint density at radius 1 is 1.28 bits per heavy atom. The quantitative estimate of drug-likeness (QED) is 0.627. The molecule has 1 fully saturated rings. The van der Waals surface area contributed by atoms with E-state index < -0.39 is 0 Å². The van der Waals surface area contributed by atoms with E-state index in [0.29, 0.717) is 25.0 Å². The fraction of sp³-hybridized carbons (Fsp3) is 0.600. The van der Waals surface area contributed by atoms with Crippen LogP contribution in [-0.4, -0.2) is 33.5 Å². The summed E-state index contributed by atoms with van der Waals surface area (Å²) in [6, 6.07) is 4.33. The molecule has 0 aromatic heterocycles. The summed E-state index contributed by atoms with van der Waals surface area (Å²) in [4.78, 5) is 14.5. The molecule has 0 aliphatic carbocycles. The summed E-state index contributed by atoms with van der Waals surface area (Å²) in [7, 11) is 0. The van der Waals surface area contributed by atoms with Crippen molar-refractivity contribution in [3.63, 3.8) is 0 Å². The maximum atomic E-state index is 12.7. The number of carbonyl (C=O) groups excluding carboxylic acids is 1. The number of amides is 1. The predicted octanol–water partition coefficient (Wildman–Crippen LogP) is 4.94. The fourth-order valence-electron chi connectivity index (χ4n) is 3.05. The lowest BCUT2D eigenvalue weighted by molar-refractivity contribution is -0.126. The Labute approximate surface area is 161 Å². The van der Waals surface area contributed by atoms with Gasteiger partial charge in [-0.1, -0.05) is 57.7 Å². The average molecular weight is 380 g/mol. The van der Waals surface area contributed by atoms with E-state index in [9.17, 15) is 4.79 Å². The van der Waals surface area contributed by atoms with Crippen molar-refractivity contribution in [2.45, 2.75) is 59.1 Å². The first-order valence-corrected chi connectivity index (χ1v) is 10.3. The second-order valence-corrected chi connectivity index (χ2v) is 9.16. The highest BCUT2D eigenvalue weighted by molar-refractivity contribution is 8.24. The molecule has 2 rings (SSSR count). The molecule has 1 aliphatic heterocycles. The monoisotopic (exact) mass is 379 g/mol. The minimum absolute atomic E-state index is 0.108. The van der Waals surface area contributed by atoms with Crippen LogP contribution in [0.2, 0.25) is 0 Å². The summed E-state index contributed by atoms with van der Waals surface area (Å²) in [5, 5.41) is -0.108. The number of nitrogens with zero attached hydrogens (tertiary/aromatic N) is 1. The zero-order valence-corrected chi connectivity index (χ0v) is 17.7. The lowest BCUT2D eigenvalue weighted by Gasteiger charge is -2.19. The molecule has 1 heterocycles. The first kappa shape index (κ1) is 20.2. The van der Waals surface area contributed by atoms with Crippen molar-refractivity contribution < 1.29 is 9.53 Å². The molecule has 0 N–H and O–H groups in total. The molecular formula is C20H29NO2S2. The molecule has 25 heavy (non-hydrogen) atoms. The molecule has 3 nitrogen and oxygen atoms in total. The SMILES string of the molecule is CCOc1cc(C)c(C[C@H]2SC(=S)N(CC(C)C)C2=O)cc1C(C)C. The summed E-state index contributed by atoms with van der Waals surface area (Å²) in [5.74, 6) is 1.91. The number of aryl methyl sites for hydroxylation is 1. The maximum Gasteiger partial charge on any atom is 0.241 e. The van der Waals surface area contributed by atoms with Gasteiger partial charge in [-0.3, -0.25) is 9.69 Å². The van der Waals surface area contributed by atoms with E-state index in [1.807, 2.05) is 6.92 Å². The topological polar surface area (TPSA) is 29.5 Å². The van der Waals surface area contributed by atoms with E-state index in [2.05, 4.69) is 46.8 Å². The van der Waals surface area contributed by atoms with Crippen molar-refractivity contribution in [2.75, 3.05) is 13.2 Å². The number of hydrogen-bond acceptors (Lipinski definition) is 4. The van der Waals surface area contributed by atoms with Gasteiger partial charge in [0.1, 0.15) is 10.1 Å². The van der Waals surface area contributed by atoms with Crippen LogP contribution in [0.5, 0.6) is 5.75 Å². The third kappa shape index (κ3) is 4.76. The van der Waals surface area contributed by atoms with Gasteiger partial charge in [0.25, 0.3) is 0 Å². The molecule has 138 valence electrons. The molecule has 1 atom stereocenters. The Morgan fingerprint density at radius 2 is 1.96 bits per heavy atom. The van der Waals surface area contributed by atoms with Crippen molar-refractivity contribution >= 4 is 34.2 Å². The normalized spacial score (nSPS) is 17.9. The molecule has 0 saturated carbocycles. The summed E-state index contributed by atoms with van der Waals surface area (Å²) in [6.45, 7) is 14.0. The van der Waals surface area contributed by atoms with Gasteiger partial charge in [0.05, 0.1) is 11.9 Å². The van der Waals surface area contributed by atoms with Gasteiger partial charge in [-0.25, -0.2) is 0 Å². The lowest BCUT2D eigenvalue weighted by Crippen LogP contribution is -2.35. The Morgan fingerprint density at radius 3 is 2.52 bits per heavy atom. The third-order valence-corrected chi connectivity index (χ3v) is 5.93. The average Bonchev–Trinajstić information content (AvgIpc) is 2.77. The molecule has 1 amide bonds. The van der Waals surface area contributed by atoms with E-state index in [1.54, 1.807) is 4.90 Å². The molecule has 0 unspecified atom stereocenters. The number of rotatable bonds is 7. The van der Waals surface area contributed by atoms with Crippen molar-refractivity contribution in [2.24, 2.45) is 5.92 Å². The summed E-state index contributed by atoms with van der Waals surface area (Å²) < 4.78 is 6.52. The maximum absolute atomic E-state index is 12.7. The Kier molecular flexibility index (Phi) is 6.92. The number of hydrogen-bond donors (Lipinski definition) is 0. The van der Waals surface area contributed by atoms with Crippen LogP contribution >= 0.6 is 24.0 Å². The van der Waals surface area contributed by atoms with Crippen LogP contribution in [0.4, 0.5) is 0 Å². The highest BCUT2D eigenvalue weighted by Crippen LogP contribution is 2.34. The second-order valence-electron chi connectivity index (χ2n) is 7.32. The highest BCUT2D eigenvalue weighted by Gasteiger charge is 2.37. The van der Waals surface area contributed by atoms with Crippen molar-refractivity contribution in [3.05, 3.63) is 28.8 Å². The number of benzene rings is 1. The van der Waals surface area contributed by atoms with Crippen LogP contribution in [0.1, 0.15) is 57.2 Å². The minimum Gasteiger partial charge on any atom is -0.494 e. The highest BCUT2D eigenvalue weighted by atomic mass is 32.2. The van der Waals surface area contributed by atoms with Crippen molar-refractivity contribution in [1.29, 1.82) is 0 Å². The first-order chi connectivity index (χ1) is 11.7. The van der Waals surface area contributed by atoms with E-state index >= 15 is 0 Å². The van der Waals surface area contributed by atoms with E-state index in [1.165, 1.54) is 28.5 Å². The second kappa shape index (κ2) is 8.54. The van der Waals surface area contributed by atoms with Crippen LogP contribution in [-0.2, 0) is 11.2 Å². The van der Waals surface area contributed by atoms with Gasteiger partial charge in [-0.05, 0) is 54.9 Å². The predicted molar refractivity (Wildman–Crippen MR) is 111 cm³/mol. The third-order valence-electron chi connectivity index (χ3n) is 4.35. The largest absolute Gasteiger partial charge is 0.494 e. The molecule has 5 heteroatoms. The standard InChI is InChI=1S/C20H29NO2S2/c1-7-23-17-8-14(6)15(9-16(17)13(4)5)10-18-19(22)21(11-12(2)3)20(24)25-18/h8-9,12-13,18H,7,10-11H2,1-6H3/t18-/m1/s1. The molecule has 0 bridgehead atoms. The van der Waals surface area contributed by atoms with E-state index in [-0.39, 0.29) is 11.2 Å². The molecule has 1 saturated heterocycles. The lowest BCUT2D eigenvalue weighted by atomic mass is 9.94. The van der Waals surface area contributed by atoms with E-state index in [4.69, 9.17) is 17.0 Å². The molecule has 0 radical (unpaired) electrons. The van der Waals surface area contributed by atoms with Crippen LogP contribution < -0.4 is 4.74 Å².